The molecule has 0 atom stereocenters. The Morgan fingerprint density at radius 3 is 2.32 bits per heavy atom. The molecule has 2 rings (SSSR count). The lowest BCUT2D eigenvalue weighted by Crippen LogP contribution is -2.37. The highest BCUT2D eigenvalue weighted by Crippen LogP contribution is 2.11. The maximum absolute atomic E-state index is 12.1. The Balaban J connectivity index is 1.83. The summed E-state index contributed by atoms with van der Waals surface area (Å²) in [5, 5.41) is 7.93. The van der Waals surface area contributed by atoms with Crippen LogP contribution in [-0.4, -0.2) is 30.1 Å². The zero-order valence-corrected chi connectivity index (χ0v) is 16.2. The molecule has 0 saturated carbocycles. The van der Waals surface area contributed by atoms with Gasteiger partial charge >= 0.3 is 6.09 Å². The van der Waals surface area contributed by atoms with Crippen LogP contribution in [-0.2, 0) is 16.1 Å². The molecule has 3 amide bonds. The molecule has 0 aliphatic heterocycles. The summed E-state index contributed by atoms with van der Waals surface area (Å²) in [6.45, 7) is 5.36. The van der Waals surface area contributed by atoms with E-state index < -0.39 is 11.7 Å². The number of anilines is 1. The number of carbonyl (C=O) groups excluding carboxylic acids is 3. The predicted octanol–water partition coefficient (Wildman–Crippen LogP) is 3.08. The van der Waals surface area contributed by atoms with Crippen LogP contribution in [0.4, 0.5) is 10.5 Å². The Bertz CT molecular complexity index is 829. The first-order chi connectivity index (χ1) is 13.2. The van der Waals surface area contributed by atoms with E-state index in [0.29, 0.717) is 17.8 Å². The van der Waals surface area contributed by atoms with Gasteiger partial charge in [0.05, 0.1) is 0 Å². The number of amides is 3. The second kappa shape index (κ2) is 9.55. The quantitative estimate of drug-likeness (QED) is 0.714. The predicted molar refractivity (Wildman–Crippen MR) is 107 cm³/mol. The molecule has 0 aliphatic carbocycles. The van der Waals surface area contributed by atoms with E-state index in [4.69, 9.17) is 4.74 Å². The van der Waals surface area contributed by atoms with Crippen LogP contribution in [0.1, 0.15) is 36.7 Å². The lowest BCUT2D eigenvalue weighted by molar-refractivity contribution is -0.115. The summed E-state index contributed by atoms with van der Waals surface area (Å²) in [5.74, 6) is -0.548. The van der Waals surface area contributed by atoms with Crippen LogP contribution in [0.2, 0.25) is 0 Å². The zero-order valence-electron chi connectivity index (χ0n) is 16.2. The van der Waals surface area contributed by atoms with Gasteiger partial charge in [0.2, 0.25) is 5.91 Å². The first kappa shape index (κ1) is 21.0. The first-order valence-corrected chi connectivity index (χ1v) is 8.92. The van der Waals surface area contributed by atoms with Gasteiger partial charge in [0, 0.05) is 17.8 Å². The fraction of sp³-hybridized carbons (Fsp3) is 0.286. The molecule has 2 aromatic carbocycles. The van der Waals surface area contributed by atoms with Crippen molar-refractivity contribution in [3.8, 4) is 0 Å². The standard InChI is InChI=1S/C21H25N3O4/c1-21(2,3)28-20(27)23-14-18(25)24-17-11-7-8-15(12-17)13-22-19(26)16-9-5-4-6-10-16/h4-12H,13-14H2,1-3H3,(H,22,26)(H,23,27)(H,24,25). The minimum absolute atomic E-state index is 0.170. The minimum atomic E-state index is -0.653. The molecule has 0 heterocycles. The topological polar surface area (TPSA) is 96.5 Å². The SMILES string of the molecule is CC(C)(C)OC(=O)NCC(=O)Nc1cccc(CNC(=O)c2ccccc2)c1. The molecule has 28 heavy (non-hydrogen) atoms. The van der Waals surface area contributed by atoms with Crippen LogP contribution in [0.25, 0.3) is 0 Å². The molecule has 0 fully saturated rings. The van der Waals surface area contributed by atoms with Crippen molar-refractivity contribution in [3.05, 3.63) is 65.7 Å². The molecular weight excluding hydrogens is 358 g/mol. The number of alkyl carbamates (subject to hydrolysis) is 1. The van der Waals surface area contributed by atoms with Crippen molar-refractivity contribution in [3.63, 3.8) is 0 Å². The van der Waals surface area contributed by atoms with Crippen molar-refractivity contribution in [1.29, 1.82) is 0 Å². The summed E-state index contributed by atoms with van der Waals surface area (Å²) in [7, 11) is 0. The molecule has 3 N–H and O–H groups in total. The van der Waals surface area contributed by atoms with Gasteiger partial charge in [0.25, 0.3) is 5.91 Å². The van der Waals surface area contributed by atoms with Gasteiger partial charge in [0.15, 0.2) is 0 Å². The number of nitrogens with one attached hydrogen (secondary N) is 3. The summed E-state index contributed by atoms with van der Waals surface area (Å²) >= 11 is 0. The fourth-order valence-electron chi connectivity index (χ4n) is 2.30. The number of carbonyl (C=O) groups is 3. The number of benzene rings is 2. The molecular formula is C21H25N3O4. The second-order valence-electron chi connectivity index (χ2n) is 7.15. The third kappa shape index (κ3) is 7.49. The van der Waals surface area contributed by atoms with Gasteiger partial charge in [0.1, 0.15) is 12.1 Å². The molecule has 0 saturated heterocycles. The van der Waals surface area contributed by atoms with E-state index in [0.717, 1.165) is 5.56 Å². The van der Waals surface area contributed by atoms with Gasteiger partial charge in [-0.3, -0.25) is 9.59 Å². The van der Waals surface area contributed by atoms with E-state index >= 15 is 0 Å². The highest BCUT2D eigenvalue weighted by atomic mass is 16.6. The van der Waals surface area contributed by atoms with Crippen molar-refractivity contribution in [2.75, 3.05) is 11.9 Å². The van der Waals surface area contributed by atoms with Gasteiger partial charge in [-0.25, -0.2) is 4.79 Å². The lowest BCUT2D eigenvalue weighted by Gasteiger charge is -2.19. The van der Waals surface area contributed by atoms with Crippen LogP contribution in [0.15, 0.2) is 54.6 Å². The third-order valence-corrected chi connectivity index (χ3v) is 3.49. The van der Waals surface area contributed by atoms with Crippen molar-refractivity contribution < 1.29 is 19.1 Å². The van der Waals surface area contributed by atoms with E-state index in [9.17, 15) is 14.4 Å². The smallest absolute Gasteiger partial charge is 0.408 e. The maximum Gasteiger partial charge on any atom is 0.408 e. The number of hydrogen-bond acceptors (Lipinski definition) is 4. The van der Waals surface area contributed by atoms with Crippen molar-refractivity contribution in [1.82, 2.24) is 10.6 Å². The van der Waals surface area contributed by atoms with E-state index in [1.54, 1.807) is 63.2 Å². The Kier molecular flexibility index (Phi) is 7.14. The Labute approximate surface area is 164 Å². The summed E-state index contributed by atoms with van der Waals surface area (Å²) in [6, 6.07) is 16.0. The largest absolute Gasteiger partial charge is 0.444 e. The van der Waals surface area contributed by atoms with E-state index in [-0.39, 0.29) is 18.4 Å². The van der Waals surface area contributed by atoms with Crippen LogP contribution < -0.4 is 16.0 Å². The average Bonchev–Trinajstić information content (AvgIpc) is 2.64. The summed E-state index contributed by atoms with van der Waals surface area (Å²) < 4.78 is 5.08. The zero-order chi connectivity index (χ0) is 20.6. The molecule has 7 heteroatoms. The molecule has 2 aromatic rings. The highest BCUT2D eigenvalue weighted by Gasteiger charge is 2.16. The summed E-state index contributed by atoms with van der Waals surface area (Å²) in [4.78, 5) is 35.7. The molecule has 0 radical (unpaired) electrons. The monoisotopic (exact) mass is 383 g/mol. The van der Waals surface area contributed by atoms with Gasteiger partial charge in [-0.2, -0.15) is 0 Å². The van der Waals surface area contributed by atoms with Gasteiger partial charge < -0.3 is 20.7 Å². The fourth-order valence-corrected chi connectivity index (χ4v) is 2.30. The molecule has 0 aliphatic rings. The molecule has 7 nitrogen and oxygen atoms in total. The first-order valence-electron chi connectivity index (χ1n) is 8.92. The van der Waals surface area contributed by atoms with Crippen molar-refractivity contribution >= 4 is 23.6 Å². The lowest BCUT2D eigenvalue weighted by atomic mass is 10.1. The van der Waals surface area contributed by atoms with Gasteiger partial charge in [-0.15, -0.1) is 0 Å². The number of rotatable bonds is 6. The van der Waals surface area contributed by atoms with E-state index in [2.05, 4.69) is 16.0 Å². The number of ether oxygens (including phenoxy) is 1. The van der Waals surface area contributed by atoms with Crippen LogP contribution in [0.3, 0.4) is 0 Å². The average molecular weight is 383 g/mol. The van der Waals surface area contributed by atoms with Crippen molar-refractivity contribution in [2.45, 2.75) is 32.9 Å². The van der Waals surface area contributed by atoms with Crippen LogP contribution in [0.5, 0.6) is 0 Å². The van der Waals surface area contributed by atoms with Gasteiger partial charge in [-0.05, 0) is 50.6 Å². The highest BCUT2D eigenvalue weighted by molar-refractivity contribution is 5.94. The van der Waals surface area contributed by atoms with Crippen LogP contribution >= 0.6 is 0 Å². The summed E-state index contributed by atoms with van der Waals surface area (Å²) in [6.07, 6.45) is -0.653. The molecule has 0 spiro atoms. The van der Waals surface area contributed by atoms with E-state index in [1.165, 1.54) is 0 Å². The molecule has 148 valence electrons. The molecule has 0 unspecified atom stereocenters. The molecule has 0 aromatic heterocycles. The second-order valence-corrected chi connectivity index (χ2v) is 7.15. The van der Waals surface area contributed by atoms with Gasteiger partial charge in [-0.1, -0.05) is 30.3 Å². The molecule has 0 bridgehead atoms. The number of hydrogen-bond donors (Lipinski definition) is 3. The third-order valence-electron chi connectivity index (χ3n) is 3.49. The van der Waals surface area contributed by atoms with Crippen LogP contribution in [0, 0.1) is 0 Å². The Hall–Kier alpha value is -3.35. The minimum Gasteiger partial charge on any atom is -0.444 e. The normalized spacial score (nSPS) is 10.7. The van der Waals surface area contributed by atoms with E-state index in [1.807, 2.05) is 12.1 Å². The van der Waals surface area contributed by atoms with Crippen molar-refractivity contribution in [2.24, 2.45) is 0 Å². The maximum atomic E-state index is 12.1. The summed E-state index contributed by atoms with van der Waals surface area (Å²) in [5.41, 5.74) is 1.36. The Morgan fingerprint density at radius 1 is 0.929 bits per heavy atom. The Morgan fingerprint density at radius 2 is 1.64 bits per heavy atom.